The van der Waals surface area contributed by atoms with Gasteiger partial charge in [0.25, 0.3) is 5.91 Å². The monoisotopic (exact) mass is 335 g/mol. The van der Waals surface area contributed by atoms with Crippen LogP contribution in [0, 0.1) is 0 Å². The van der Waals surface area contributed by atoms with Crippen LogP contribution in [0.15, 0.2) is 48.5 Å². The summed E-state index contributed by atoms with van der Waals surface area (Å²) in [6, 6.07) is 12.1. The second-order valence-corrected chi connectivity index (χ2v) is 5.65. The number of hydrogen-bond donors (Lipinski definition) is 1. The van der Waals surface area contributed by atoms with Crippen molar-refractivity contribution in [2.24, 2.45) is 0 Å². The number of aryl methyl sites for hydroxylation is 1. The minimum atomic E-state index is -4.39. The van der Waals surface area contributed by atoms with Crippen molar-refractivity contribution in [3.05, 3.63) is 65.2 Å². The van der Waals surface area contributed by atoms with Crippen molar-refractivity contribution in [3.63, 3.8) is 0 Å². The minimum absolute atomic E-state index is 0.327. The third-order valence-electron chi connectivity index (χ3n) is 3.77. The molecule has 2 nitrogen and oxygen atoms in total. The number of carbonyl (C=O) groups excluding carboxylic acids is 1. The van der Waals surface area contributed by atoms with E-state index in [1.165, 1.54) is 6.07 Å². The summed E-state index contributed by atoms with van der Waals surface area (Å²) in [6.45, 7) is 2.03. The van der Waals surface area contributed by atoms with Gasteiger partial charge in [-0.3, -0.25) is 4.79 Å². The summed E-state index contributed by atoms with van der Waals surface area (Å²) in [4.78, 5) is 12.2. The van der Waals surface area contributed by atoms with E-state index in [0.717, 1.165) is 31.4 Å². The molecule has 0 aliphatic carbocycles. The zero-order valence-corrected chi connectivity index (χ0v) is 13.5. The lowest BCUT2D eigenvalue weighted by Crippen LogP contribution is -2.14. The summed E-state index contributed by atoms with van der Waals surface area (Å²) >= 11 is 0. The number of anilines is 1. The molecule has 24 heavy (non-hydrogen) atoms. The molecule has 0 saturated heterocycles. The second kappa shape index (κ2) is 7.99. The zero-order chi connectivity index (χ0) is 17.6. The molecule has 2 aromatic rings. The van der Waals surface area contributed by atoms with Gasteiger partial charge in [-0.15, -0.1) is 0 Å². The first-order valence-electron chi connectivity index (χ1n) is 7.98. The van der Waals surface area contributed by atoms with Crippen LogP contribution >= 0.6 is 0 Å². The van der Waals surface area contributed by atoms with Crippen LogP contribution in [-0.2, 0) is 12.6 Å². The maximum Gasteiger partial charge on any atom is 0.416 e. The molecule has 0 radical (unpaired) electrons. The number of nitrogens with one attached hydrogen (secondary N) is 1. The molecule has 0 saturated carbocycles. The van der Waals surface area contributed by atoms with Crippen molar-refractivity contribution in [2.45, 2.75) is 38.8 Å². The Balaban J connectivity index is 2.25. The number of alkyl halides is 3. The zero-order valence-electron chi connectivity index (χ0n) is 13.5. The summed E-state index contributed by atoms with van der Waals surface area (Å²) in [7, 11) is 0. The van der Waals surface area contributed by atoms with Gasteiger partial charge in [-0.25, -0.2) is 0 Å². The van der Waals surface area contributed by atoms with E-state index in [2.05, 4.69) is 5.32 Å². The summed E-state index contributed by atoms with van der Waals surface area (Å²) in [5.41, 5.74) is 0.735. The Kier molecular flexibility index (Phi) is 6.01. The molecule has 1 N–H and O–H groups in total. The smallest absolute Gasteiger partial charge is 0.322 e. The van der Waals surface area contributed by atoms with E-state index in [4.69, 9.17) is 0 Å². The van der Waals surface area contributed by atoms with Crippen LogP contribution in [0.25, 0.3) is 0 Å². The lowest BCUT2D eigenvalue weighted by Gasteiger charge is -2.14. The predicted octanol–water partition coefficient (Wildman–Crippen LogP) is 5.69. The van der Waals surface area contributed by atoms with Crippen LogP contribution in [0.2, 0.25) is 0 Å². The summed E-state index contributed by atoms with van der Waals surface area (Å²) in [6.07, 6.45) is -1.19. The Hall–Kier alpha value is -2.30. The first kappa shape index (κ1) is 18.0. The number of carbonyl (C=O) groups is 1. The third kappa shape index (κ3) is 4.85. The van der Waals surface area contributed by atoms with Crippen LogP contribution in [0.5, 0.6) is 0 Å². The number of amides is 1. The van der Waals surface area contributed by atoms with Crippen molar-refractivity contribution in [1.82, 2.24) is 0 Å². The number of unbranched alkanes of at least 4 members (excludes halogenated alkanes) is 2. The van der Waals surface area contributed by atoms with Crippen LogP contribution in [0.3, 0.4) is 0 Å². The molecule has 0 heterocycles. The SMILES string of the molecule is CCCCCc1cc(C(F)(F)F)ccc1NC(=O)c1ccccc1. The van der Waals surface area contributed by atoms with Crippen LogP contribution in [0.1, 0.15) is 47.7 Å². The topological polar surface area (TPSA) is 29.1 Å². The highest BCUT2D eigenvalue weighted by Gasteiger charge is 2.31. The van der Waals surface area contributed by atoms with Crippen molar-refractivity contribution in [2.75, 3.05) is 5.32 Å². The number of rotatable bonds is 6. The van der Waals surface area contributed by atoms with E-state index in [-0.39, 0.29) is 5.91 Å². The largest absolute Gasteiger partial charge is 0.416 e. The lowest BCUT2D eigenvalue weighted by molar-refractivity contribution is -0.137. The molecule has 2 rings (SSSR count). The average Bonchev–Trinajstić information content (AvgIpc) is 2.56. The van der Waals surface area contributed by atoms with E-state index in [0.29, 0.717) is 23.2 Å². The predicted molar refractivity (Wildman–Crippen MR) is 89.1 cm³/mol. The minimum Gasteiger partial charge on any atom is -0.322 e. The fraction of sp³-hybridized carbons (Fsp3) is 0.316. The van der Waals surface area contributed by atoms with Crippen molar-refractivity contribution in [1.29, 1.82) is 0 Å². The Labute approximate surface area is 139 Å². The van der Waals surface area contributed by atoms with E-state index >= 15 is 0 Å². The fourth-order valence-corrected chi connectivity index (χ4v) is 2.45. The first-order valence-corrected chi connectivity index (χ1v) is 7.98. The van der Waals surface area contributed by atoms with Gasteiger partial charge >= 0.3 is 6.18 Å². The highest BCUT2D eigenvalue weighted by atomic mass is 19.4. The summed E-state index contributed by atoms with van der Waals surface area (Å²) < 4.78 is 38.8. The quantitative estimate of drug-likeness (QED) is 0.675. The van der Waals surface area contributed by atoms with E-state index in [1.807, 2.05) is 6.92 Å². The summed E-state index contributed by atoms with van der Waals surface area (Å²) in [5.74, 6) is -0.327. The Bertz CT molecular complexity index is 681. The molecule has 0 aliphatic rings. The van der Waals surface area contributed by atoms with Crippen molar-refractivity contribution >= 4 is 11.6 Å². The maximum absolute atomic E-state index is 12.9. The number of halogens is 3. The van der Waals surface area contributed by atoms with Gasteiger partial charge in [-0.05, 0) is 48.7 Å². The van der Waals surface area contributed by atoms with Gasteiger partial charge in [-0.1, -0.05) is 38.0 Å². The molecular formula is C19H20F3NO. The molecule has 0 bridgehead atoms. The highest BCUT2D eigenvalue weighted by Crippen LogP contribution is 2.32. The van der Waals surface area contributed by atoms with Gasteiger partial charge in [0, 0.05) is 11.3 Å². The van der Waals surface area contributed by atoms with E-state index in [9.17, 15) is 18.0 Å². The van der Waals surface area contributed by atoms with Crippen LogP contribution in [-0.4, -0.2) is 5.91 Å². The standard InChI is InChI=1S/C19H20F3NO/c1-2-3-5-10-15-13-16(19(20,21)22)11-12-17(15)23-18(24)14-8-6-4-7-9-14/h4,6-9,11-13H,2-3,5,10H2,1H3,(H,23,24). The molecule has 0 spiro atoms. The molecular weight excluding hydrogens is 315 g/mol. The number of hydrogen-bond acceptors (Lipinski definition) is 1. The van der Waals surface area contributed by atoms with Gasteiger partial charge in [0.15, 0.2) is 0 Å². The maximum atomic E-state index is 12.9. The first-order chi connectivity index (χ1) is 11.4. The second-order valence-electron chi connectivity index (χ2n) is 5.65. The molecule has 0 aliphatic heterocycles. The third-order valence-corrected chi connectivity index (χ3v) is 3.77. The van der Waals surface area contributed by atoms with Gasteiger partial charge in [0.1, 0.15) is 0 Å². The average molecular weight is 335 g/mol. The molecule has 0 fully saturated rings. The summed E-state index contributed by atoms with van der Waals surface area (Å²) in [5, 5.41) is 2.73. The molecule has 128 valence electrons. The van der Waals surface area contributed by atoms with Gasteiger partial charge in [0.2, 0.25) is 0 Å². The normalized spacial score (nSPS) is 11.3. The van der Waals surface area contributed by atoms with Crippen LogP contribution < -0.4 is 5.32 Å². The van der Waals surface area contributed by atoms with E-state index < -0.39 is 11.7 Å². The van der Waals surface area contributed by atoms with Gasteiger partial charge < -0.3 is 5.32 Å². The molecule has 0 atom stereocenters. The molecule has 0 unspecified atom stereocenters. The lowest BCUT2D eigenvalue weighted by atomic mass is 10.0. The Morgan fingerprint density at radius 2 is 1.75 bits per heavy atom. The number of benzene rings is 2. The molecule has 1 amide bonds. The van der Waals surface area contributed by atoms with Crippen LogP contribution in [0.4, 0.5) is 18.9 Å². The van der Waals surface area contributed by atoms with Crippen molar-refractivity contribution < 1.29 is 18.0 Å². The van der Waals surface area contributed by atoms with Crippen molar-refractivity contribution in [3.8, 4) is 0 Å². The highest BCUT2D eigenvalue weighted by molar-refractivity contribution is 6.04. The Morgan fingerprint density at radius 1 is 1.04 bits per heavy atom. The Morgan fingerprint density at radius 3 is 2.38 bits per heavy atom. The molecule has 5 heteroatoms. The van der Waals surface area contributed by atoms with Gasteiger partial charge in [0.05, 0.1) is 5.56 Å². The van der Waals surface area contributed by atoms with E-state index in [1.54, 1.807) is 30.3 Å². The fourth-order valence-electron chi connectivity index (χ4n) is 2.45. The van der Waals surface area contributed by atoms with Gasteiger partial charge in [-0.2, -0.15) is 13.2 Å². The molecule has 2 aromatic carbocycles. The molecule has 0 aromatic heterocycles.